The van der Waals surface area contributed by atoms with Crippen LogP contribution in [0, 0.1) is 19.7 Å². The first-order valence-electron chi connectivity index (χ1n) is 12.5. The van der Waals surface area contributed by atoms with Crippen molar-refractivity contribution >= 4 is 16.7 Å². The Morgan fingerprint density at radius 1 is 1.11 bits per heavy atom. The second-order valence-corrected chi connectivity index (χ2v) is 11.3. The molecule has 1 aromatic heterocycles. The maximum Gasteiger partial charge on any atom is 0.290 e. The predicted octanol–water partition coefficient (Wildman–Crippen LogP) is 5.68. The molecule has 5 rings (SSSR count). The first-order chi connectivity index (χ1) is 17.7. The third-order valence-corrected chi connectivity index (χ3v) is 8.43. The zero-order chi connectivity index (χ0) is 26.3. The molecule has 0 radical (unpaired) electrons. The third kappa shape index (κ3) is 5.06. The number of nitrogens with zero attached hydrogens (tertiary/aromatic N) is 2. The molecule has 3 aromatic rings. The minimum atomic E-state index is -3.32. The van der Waals surface area contributed by atoms with E-state index in [0.717, 1.165) is 31.2 Å². The fourth-order valence-electron chi connectivity index (χ4n) is 5.00. The van der Waals surface area contributed by atoms with Gasteiger partial charge in [0.25, 0.3) is 11.8 Å². The van der Waals surface area contributed by atoms with Crippen LogP contribution in [0.1, 0.15) is 75.5 Å². The largest absolute Gasteiger partial charge is 0.346 e. The molecule has 1 amide bonds. The maximum absolute atomic E-state index is 15.3. The monoisotopic (exact) mass is 527 g/mol. The van der Waals surface area contributed by atoms with Crippen LogP contribution in [0.4, 0.5) is 13.2 Å². The Morgan fingerprint density at radius 3 is 2.59 bits per heavy atom. The molecule has 0 bridgehead atoms. The Bertz CT molecular complexity index is 1410. The van der Waals surface area contributed by atoms with Gasteiger partial charge >= 0.3 is 0 Å². The lowest BCUT2D eigenvalue weighted by molar-refractivity contribution is -0.00312. The van der Waals surface area contributed by atoms with E-state index in [4.69, 9.17) is 0 Å². The molecule has 1 saturated carbocycles. The summed E-state index contributed by atoms with van der Waals surface area (Å²) in [5.74, 6) is -4.60. The van der Waals surface area contributed by atoms with Crippen LogP contribution in [0.15, 0.2) is 46.3 Å². The number of benzene rings is 2. The van der Waals surface area contributed by atoms with Crippen LogP contribution >= 0.6 is 0 Å². The minimum Gasteiger partial charge on any atom is -0.346 e. The minimum absolute atomic E-state index is 0.0318. The first-order valence-corrected chi connectivity index (χ1v) is 13.6. The van der Waals surface area contributed by atoms with Gasteiger partial charge in [0, 0.05) is 5.56 Å². The Balaban J connectivity index is 1.49. The van der Waals surface area contributed by atoms with Crippen LogP contribution in [-0.2, 0) is 29.6 Å². The lowest BCUT2D eigenvalue weighted by atomic mass is 9.93. The molecule has 5 nitrogen and oxygen atoms in total. The van der Waals surface area contributed by atoms with Crippen molar-refractivity contribution in [3.8, 4) is 0 Å². The number of carbonyl (C=O) groups excluding carboxylic acids is 1. The van der Waals surface area contributed by atoms with Crippen molar-refractivity contribution in [2.45, 2.75) is 74.1 Å². The normalized spacial score (nSPS) is 16.2. The maximum atomic E-state index is 15.3. The highest BCUT2D eigenvalue weighted by molar-refractivity contribution is 7.85. The van der Waals surface area contributed by atoms with E-state index in [1.54, 1.807) is 31.2 Å². The van der Waals surface area contributed by atoms with Gasteiger partial charge in [-0.3, -0.25) is 4.79 Å². The second-order valence-electron chi connectivity index (χ2n) is 9.92. The average Bonchev–Trinajstić information content (AvgIpc) is 3.71. The van der Waals surface area contributed by atoms with Gasteiger partial charge in [-0.05, 0) is 81.0 Å². The van der Waals surface area contributed by atoms with E-state index in [0.29, 0.717) is 35.2 Å². The molecule has 0 saturated heterocycles. The van der Waals surface area contributed by atoms with E-state index in [1.807, 2.05) is 6.92 Å². The van der Waals surface area contributed by atoms with Gasteiger partial charge < -0.3 is 5.32 Å². The summed E-state index contributed by atoms with van der Waals surface area (Å²) in [7, 11) is -2.15. The van der Waals surface area contributed by atoms with Crippen molar-refractivity contribution in [3.05, 3.63) is 81.3 Å². The molecule has 1 unspecified atom stereocenters. The Hall–Kier alpha value is -3.07. The molecule has 194 valence electrons. The zero-order valence-electron chi connectivity index (χ0n) is 20.7. The molecule has 2 aliphatic carbocycles. The SMILES string of the molecule is Cc1ccc(C(F)(F)CNC(=O)c2c(S(=O)c3cccc(C4CC4)c3F)nnc3c2CCCC3)c(C)c1. The van der Waals surface area contributed by atoms with Crippen molar-refractivity contribution in [3.63, 3.8) is 0 Å². The lowest BCUT2D eigenvalue weighted by Gasteiger charge is -2.22. The van der Waals surface area contributed by atoms with Gasteiger partial charge in [-0.15, -0.1) is 5.10 Å². The van der Waals surface area contributed by atoms with Gasteiger partial charge in [0.1, 0.15) is 16.6 Å². The number of halogens is 3. The second kappa shape index (κ2) is 10.0. The summed E-state index contributed by atoms with van der Waals surface area (Å²) in [5, 5.41) is 10.4. The van der Waals surface area contributed by atoms with Crippen LogP contribution in [0.25, 0.3) is 0 Å². The first kappa shape index (κ1) is 25.6. The summed E-state index contributed by atoms with van der Waals surface area (Å²) in [6, 6.07) is 9.36. The molecular formula is C28H28F3N3O2S. The number of aryl methyl sites for hydroxylation is 3. The zero-order valence-corrected chi connectivity index (χ0v) is 21.6. The Kier molecular flexibility index (Phi) is 6.91. The van der Waals surface area contributed by atoms with E-state index >= 15 is 13.2 Å². The number of aromatic nitrogens is 2. The van der Waals surface area contributed by atoms with Crippen molar-refractivity contribution in [1.82, 2.24) is 15.5 Å². The summed E-state index contributed by atoms with van der Waals surface area (Å²) in [5.41, 5.74) is 2.72. The number of rotatable bonds is 7. The highest BCUT2D eigenvalue weighted by Gasteiger charge is 2.36. The van der Waals surface area contributed by atoms with E-state index < -0.39 is 35.0 Å². The average molecular weight is 528 g/mol. The Labute approximate surface area is 216 Å². The fraction of sp³-hybridized carbons (Fsp3) is 0.393. The van der Waals surface area contributed by atoms with Gasteiger partial charge in [0.05, 0.1) is 22.7 Å². The predicted molar refractivity (Wildman–Crippen MR) is 134 cm³/mol. The number of fused-ring (bicyclic) bond motifs is 1. The lowest BCUT2D eigenvalue weighted by Crippen LogP contribution is -2.37. The summed E-state index contributed by atoms with van der Waals surface area (Å²) in [6.07, 6.45) is 4.43. The topological polar surface area (TPSA) is 72.0 Å². The van der Waals surface area contributed by atoms with Crippen molar-refractivity contribution in [2.75, 3.05) is 6.54 Å². The molecule has 0 aliphatic heterocycles. The van der Waals surface area contributed by atoms with Crippen molar-refractivity contribution in [2.24, 2.45) is 0 Å². The Morgan fingerprint density at radius 2 is 1.86 bits per heavy atom. The fourth-order valence-corrected chi connectivity index (χ4v) is 6.21. The van der Waals surface area contributed by atoms with Crippen LogP contribution in [-0.4, -0.2) is 26.9 Å². The molecule has 0 spiro atoms. The molecule has 2 aromatic carbocycles. The van der Waals surface area contributed by atoms with Crippen molar-refractivity contribution < 1.29 is 22.2 Å². The van der Waals surface area contributed by atoms with Crippen LogP contribution in [0.2, 0.25) is 0 Å². The van der Waals surface area contributed by atoms with E-state index in [1.165, 1.54) is 12.1 Å². The summed E-state index contributed by atoms with van der Waals surface area (Å²) >= 11 is 0. The number of amides is 1. The molecule has 1 fully saturated rings. The highest BCUT2D eigenvalue weighted by Crippen LogP contribution is 2.42. The molecule has 1 N–H and O–H groups in total. The summed E-state index contributed by atoms with van der Waals surface area (Å²) in [6.45, 7) is 2.48. The number of nitrogens with one attached hydrogen (secondary N) is 1. The molecule has 2 aliphatic rings. The van der Waals surface area contributed by atoms with Crippen molar-refractivity contribution in [1.29, 1.82) is 0 Å². The third-order valence-electron chi connectivity index (χ3n) is 7.08. The smallest absolute Gasteiger partial charge is 0.290 e. The van der Waals surface area contributed by atoms with E-state index in [-0.39, 0.29) is 27.0 Å². The van der Waals surface area contributed by atoms with Gasteiger partial charge in [-0.1, -0.05) is 35.9 Å². The number of hydrogen-bond donors (Lipinski definition) is 1. The van der Waals surface area contributed by atoms with Gasteiger partial charge in [0.2, 0.25) is 0 Å². The van der Waals surface area contributed by atoms with Crippen LogP contribution < -0.4 is 5.32 Å². The van der Waals surface area contributed by atoms with Crippen LogP contribution in [0.5, 0.6) is 0 Å². The van der Waals surface area contributed by atoms with Gasteiger partial charge in [0.15, 0.2) is 5.03 Å². The summed E-state index contributed by atoms with van der Waals surface area (Å²) < 4.78 is 59.1. The number of hydrogen-bond acceptors (Lipinski definition) is 4. The molecule has 1 heterocycles. The van der Waals surface area contributed by atoms with Gasteiger partial charge in [-0.2, -0.15) is 13.9 Å². The number of alkyl halides is 2. The standard InChI is InChI=1S/C28H28F3N3O2S/c1-16-10-13-21(17(2)14-16)28(30,31)15-32-26(35)24-20-6-3-4-8-22(20)33-34-27(24)37(36)23-9-5-7-19(25(23)29)18-11-12-18/h5,7,9-10,13-14,18H,3-4,6,8,11-12,15H2,1-2H3,(H,32,35). The molecular weight excluding hydrogens is 499 g/mol. The molecule has 37 heavy (non-hydrogen) atoms. The highest BCUT2D eigenvalue weighted by atomic mass is 32.2. The van der Waals surface area contributed by atoms with E-state index in [2.05, 4.69) is 15.5 Å². The summed E-state index contributed by atoms with van der Waals surface area (Å²) in [4.78, 5) is 13.3. The van der Waals surface area contributed by atoms with Crippen LogP contribution in [0.3, 0.4) is 0 Å². The van der Waals surface area contributed by atoms with Gasteiger partial charge in [-0.25, -0.2) is 8.60 Å². The quantitative estimate of drug-likeness (QED) is 0.429. The molecule has 1 atom stereocenters. The van der Waals surface area contributed by atoms with E-state index in [9.17, 15) is 9.00 Å². The molecule has 9 heteroatoms. The number of carbonyl (C=O) groups is 1.